The monoisotopic (exact) mass is 264 g/mol. The third-order valence-electron chi connectivity index (χ3n) is 3.98. The molecular weight excluding hydrogens is 247 g/mol. The number of aliphatic hydroxyl groups is 1. The number of nitrogens with zero attached hydrogens (tertiary/aromatic N) is 2. The topological polar surface area (TPSA) is 43.8 Å². The van der Waals surface area contributed by atoms with Gasteiger partial charge in [-0.2, -0.15) is 0 Å². The van der Waals surface area contributed by atoms with Gasteiger partial charge in [-0.05, 0) is 30.2 Å². The van der Waals surface area contributed by atoms with E-state index in [1.165, 1.54) is 12.1 Å². The first-order valence-corrected chi connectivity index (χ1v) is 6.62. The molecule has 0 radical (unpaired) electrons. The molecule has 0 spiro atoms. The quantitative estimate of drug-likeness (QED) is 0.871. The molecule has 0 aliphatic carbocycles. The van der Waals surface area contributed by atoms with Crippen molar-refractivity contribution in [3.63, 3.8) is 0 Å². The van der Waals surface area contributed by atoms with E-state index in [0.717, 1.165) is 25.2 Å². The van der Waals surface area contributed by atoms with E-state index in [2.05, 4.69) is 4.90 Å². The highest BCUT2D eigenvalue weighted by atomic mass is 19.1. The maximum Gasteiger partial charge on any atom is 0.223 e. The van der Waals surface area contributed by atoms with Crippen LogP contribution in [-0.4, -0.2) is 41.6 Å². The Morgan fingerprint density at radius 3 is 2.95 bits per heavy atom. The summed E-state index contributed by atoms with van der Waals surface area (Å²) in [5, 5.41) is 9.13. The van der Waals surface area contributed by atoms with E-state index >= 15 is 0 Å². The number of amides is 1. The third kappa shape index (κ3) is 2.30. The van der Waals surface area contributed by atoms with Crippen LogP contribution < -0.4 is 4.90 Å². The Hall–Kier alpha value is -1.62. The number of hydrogen-bond donors (Lipinski definition) is 1. The fourth-order valence-electron chi connectivity index (χ4n) is 3.01. The molecule has 1 aromatic carbocycles. The van der Waals surface area contributed by atoms with Crippen LogP contribution in [0.25, 0.3) is 0 Å². The molecule has 1 aromatic rings. The third-order valence-corrected chi connectivity index (χ3v) is 3.98. The molecule has 2 saturated heterocycles. The average molecular weight is 264 g/mol. The number of carbonyl (C=O) groups is 1. The summed E-state index contributed by atoms with van der Waals surface area (Å²) in [7, 11) is 0. The number of halogens is 1. The van der Waals surface area contributed by atoms with Crippen LogP contribution >= 0.6 is 0 Å². The van der Waals surface area contributed by atoms with Crippen molar-refractivity contribution in [2.45, 2.75) is 25.5 Å². The molecule has 4 nitrogen and oxygen atoms in total. The van der Waals surface area contributed by atoms with E-state index in [1.54, 1.807) is 0 Å². The first-order valence-electron chi connectivity index (χ1n) is 6.62. The van der Waals surface area contributed by atoms with Crippen molar-refractivity contribution in [1.82, 2.24) is 4.90 Å². The zero-order valence-corrected chi connectivity index (χ0v) is 10.7. The minimum absolute atomic E-state index is 0.160. The van der Waals surface area contributed by atoms with Gasteiger partial charge in [0.25, 0.3) is 0 Å². The number of benzene rings is 1. The Balaban J connectivity index is 1.80. The van der Waals surface area contributed by atoms with E-state index in [9.17, 15) is 9.18 Å². The van der Waals surface area contributed by atoms with Crippen molar-refractivity contribution < 1.29 is 14.3 Å². The number of carbonyl (C=O) groups excluding carboxylic acids is 1. The Kier molecular flexibility index (Phi) is 3.14. The van der Waals surface area contributed by atoms with Crippen LogP contribution in [-0.2, 0) is 11.4 Å². The lowest BCUT2D eigenvalue weighted by molar-refractivity contribution is -0.129. The molecule has 5 heteroatoms. The second-order valence-corrected chi connectivity index (χ2v) is 5.20. The van der Waals surface area contributed by atoms with Gasteiger partial charge in [-0.1, -0.05) is 0 Å². The first-order chi connectivity index (χ1) is 9.17. The van der Waals surface area contributed by atoms with Gasteiger partial charge >= 0.3 is 0 Å². The Morgan fingerprint density at radius 2 is 2.16 bits per heavy atom. The van der Waals surface area contributed by atoms with E-state index in [0.29, 0.717) is 18.5 Å². The van der Waals surface area contributed by atoms with Crippen LogP contribution in [0, 0.1) is 5.82 Å². The zero-order chi connectivity index (χ0) is 13.4. The molecule has 0 aromatic heterocycles. The summed E-state index contributed by atoms with van der Waals surface area (Å²) in [6.07, 6.45) is 1.51. The number of hydrogen-bond acceptors (Lipinski definition) is 3. The molecule has 1 atom stereocenters. The molecule has 2 aliphatic heterocycles. The summed E-state index contributed by atoms with van der Waals surface area (Å²) >= 11 is 0. The predicted molar refractivity (Wildman–Crippen MR) is 69.3 cm³/mol. The van der Waals surface area contributed by atoms with E-state index in [4.69, 9.17) is 5.11 Å². The van der Waals surface area contributed by atoms with Crippen molar-refractivity contribution in [3.05, 3.63) is 29.6 Å². The molecule has 3 rings (SSSR count). The maximum atomic E-state index is 13.5. The normalized spacial score (nSPS) is 22.8. The number of piperazine rings is 1. The summed E-state index contributed by atoms with van der Waals surface area (Å²) in [4.78, 5) is 15.7. The standard InChI is InChI=1S/C14H17FN2O2/c15-11-5-10(9-18)6-13(7-11)16-3-4-17-12(8-16)1-2-14(17)19/h5-7,12,18H,1-4,8-9H2. The van der Waals surface area contributed by atoms with Crippen molar-refractivity contribution in [2.24, 2.45) is 0 Å². The summed E-state index contributed by atoms with van der Waals surface area (Å²) in [5.41, 5.74) is 1.38. The van der Waals surface area contributed by atoms with Gasteiger partial charge in [0.1, 0.15) is 5.82 Å². The molecule has 1 N–H and O–H groups in total. The molecule has 2 fully saturated rings. The van der Waals surface area contributed by atoms with Crippen molar-refractivity contribution in [3.8, 4) is 0 Å². The van der Waals surface area contributed by atoms with Gasteiger partial charge in [0.2, 0.25) is 5.91 Å². The van der Waals surface area contributed by atoms with Crippen molar-refractivity contribution in [1.29, 1.82) is 0 Å². The number of anilines is 1. The summed E-state index contributed by atoms with van der Waals surface area (Å²) in [5.74, 6) is -0.0913. The molecule has 1 amide bonds. The molecule has 1 unspecified atom stereocenters. The smallest absolute Gasteiger partial charge is 0.223 e. The molecule has 102 valence electrons. The van der Waals surface area contributed by atoms with Crippen LogP contribution in [0.2, 0.25) is 0 Å². The largest absolute Gasteiger partial charge is 0.392 e. The molecule has 0 bridgehead atoms. The lowest BCUT2D eigenvalue weighted by Gasteiger charge is -2.39. The minimum atomic E-state index is -0.327. The minimum Gasteiger partial charge on any atom is -0.392 e. The predicted octanol–water partition coefficient (Wildman–Crippen LogP) is 1.13. The molecule has 2 heterocycles. The van der Waals surface area contributed by atoms with Gasteiger partial charge in [0.05, 0.1) is 6.61 Å². The number of fused-ring (bicyclic) bond motifs is 1. The van der Waals surface area contributed by atoms with Gasteiger partial charge in [-0.3, -0.25) is 4.79 Å². The lowest BCUT2D eigenvalue weighted by Crippen LogP contribution is -2.51. The fraction of sp³-hybridized carbons (Fsp3) is 0.500. The average Bonchev–Trinajstić information content (AvgIpc) is 2.79. The summed E-state index contributed by atoms with van der Waals surface area (Å²) in [6, 6.07) is 4.90. The Morgan fingerprint density at radius 1 is 1.32 bits per heavy atom. The number of aliphatic hydroxyl groups excluding tert-OH is 1. The summed E-state index contributed by atoms with van der Waals surface area (Å²) < 4.78 is 13.5. The van der Waals surface area contributed by atoms with Crippen LogP contribution in [0.5, 0.6) is 0 Å². The van der Waals surface area contributed by atoms with Crippen LogP contribution in [0.4, 0.5) is 10.1 Å². The van der Waals surface area contributed by atoms with Crippen LogP contribution in [0.3, 0.4) is 0 Å². The van der Waals surface area contributed by atoms with Crippen molar-refractivity contribution >= 4 is 11.6 Å². The van der Waals surface area contributed by atoms with Crippen molar-refractivity contribution in [2.75, 3.05) is 24.5 Å². The maximum absolute atomic E-state index is 13.5. The van der Waals surface area contributed by atoms with Gasteiger partial charge < -0.3 is 14.9 Å². The van der Waals surface area contributed by atoms with E-state index in [1.807, 2.05) is 11.0 Å². The zero-order valence-electron chi connectivity index (χ0n) is 10.7. The van der Waals surface area contributed by atoms with Gasteiger partial charge in [0, 0.05) is 37.8 Å². The highest BCUT2D eigenvalue weighted by Crippen LogP contribution is 2.27. The molecule has 2 aliphatic rings. The summed E-state index contributed by atoms with van der Waals surface area (Å²) in [6.45, 7) is 2.01. The fourth-order valence-corrected chi connectivity index (χ4v) is 3.01. The SMILES string of the molecule is O=C1CCC2CN(c3cc(F)cc(CO)c3)CCN12. The second kappa shape index (κ2) is 4.81. The van der Waals surface area contributed by atoms with E-state index in [-0.39, 0.29) is 24.4 Å². The van der Waals surface area contributed by atoms with Crippen LogP contribution in [0.15, 0.2) is 18.2 Å². The first kappa shape index (κ1) is 12.4. The molecule has 0 saturated carbocycles. The highest BCUT2D eigenvalue weighted by Gasteiger charge is 2.35. The lowest BCUT2D eigenvalue weighted by atomic mass is 10.1. The van der Waals surface area contributed by atoms with Gasteiger partial charge in [-0.15, -0.1) is 0 Å². The second-order valence-electron chi connectivity index (χ2n) is 5.20. The van der Waals surface area contributed by atoms with Crippen LogP contribution in [0.1, 0.15) is 18.4 Å². The van der Waals surface area contributed by atoms with Gasteiger partial charge in [-0.25, -0.2) is 4.39 Å². The number of rotatable bonds is 2. The highest BCUT2D eigenvalue weighted by molar-refractivity contribution is 5.79. The Labute approximate surface area is 111 Å². The molecule has 19 heavy (non-hydrogen) atoms. The van der Waals surface area contributed by atoms with Gasteiger partial charge in [0.15, 0.2) is 0 Å². The molecular formula is C14H17FN2O2. The van der Waals surface area contributed by atoms with E-state index < -0.39 is 0 Å². The Bertz CT molecular complexity index is 506.